The molecule has 0 saturated heterocycles. The highest BCUT2D eigenvalue weighted by Crippen LogP contribution is 2.35. The summed E-state index contributed by atoms with van der Waals surface area (Å²) in [5, 5.41) is 15.2. The van der Waals surface area contributed by atoms with E-state index in [4.69, 9.17) is 5.73 Å². The molecule has 0 aliphatic carbocycles. The number of carboxylic acids is 1. The van der Waals surface area contributed by atoms with Gasteiger partial charge in [0.15, 0.2) is 0 Å². The number of anilines is 3. The van der Waals surface area contributed by atoms with Gasteiger partial charge in [-0.25, -0.2) is 4.79 Å². The molecule has 2 amide bonds. The normalized spacial score (nSPS) is 12.2. The Balaban J connectivity index is 1.74. The van der Waals surface area contributed by atoms with E-state index in [2.05, 4.69) is 10.6 Å². The van der Waals surface area contributed by atoms with Crippen LogP contribution in [0, 0.1) is 0 Å². The van der Waals surface area contributed by atoms with Crippen LogP contribution in [0.25, 0.3) is 16.8 Å². The third kappa shape index (κ3) is 3.61. The molecule has 0 spiro atoms. The average Bonchev–Trinajstić information content (AvgIpc) is 3.13. The maximum Gasteiger partial charge on any atom is 0.337 e. The summed E-state index contributed by atoms with van der Waals surface area (Å²) in [6.45, 7) is 0. The molecule has 5 N–H and O–H groups in total. The van der Waals surface area contributed by atoms with Crippen molar-refractivity contribution in [2.75, 3.05) is 11.1 Å². The second-order valence-electron chi connectivity index (χ2n) is 7.82. The van der Waals surface area contributed by atoms with E-state index in [1.54, 1.807) is 12.1 Å². The molecule has 1 aliphatic heterocycles. The first-order chi connectivity index (χ1) is 16.9. The van der Waals surface area contributed by atoms with E-state index in [1.165, 1.54) is 18.2 Å². The number of benzene rings is 3. The van der Waals surface area contributed by atoms with Crippen LogP contribution in [0.1, 0.15) is 31.1 Å². The highest BCUT2D eigenvalue weighted by molar-refractivity contribution is 6.23. The molecule has 1 aliphatic rings. The van der Waals surface area contributed by atoms with Gasteiger partial charge in [0.25, 0.3) is 17.4 Å². The summed E-state index contributed by atoms with van der Waals surface area (Å²) in [4.78, 5) is 49.5. The number of nitrogen functional groups attached to an aromatic ring is 1. The Morgan fingerprint density at radius 1 is 0.857 bits per heavy atom. The van der Waals surface area contributed by atoms with Gasteiger partial charge in [-0.05, 0) is 23.8 Å². The van der Waals surface area contributed by atoms with E-state index in [1.807, 2.05) is 42.5 Å². The first-order valence-electron chi connectivity index (χ1n) is 10.6. The van der Waals surface area contributed by atoms with E-state index in [9.17, 15) is 24.3 Å². The predicted molar refractivity (Wildman–Crippen MR) is 130 cm³/mol. The van der Waals surface area contributed by atoms with Gasteiger partial charge in [-0.3, -0.25) is 24.3 Å². The molecular formula is C26H18N4O5. The molecule has 0 fully saturated rings. The summed E-state index contributed by atoms with van der Waals surface area (Å²) < 4.78 is 1.02. The van der Waals surface area contributed by atoms with Gasteiger partial charge in [-0.2, -0.15) is 0 Å². The lowest BCUT2D eigenvalue weighted by molar-refractivity contribution is 0.0697. The molecular weight excluding hydrogens is 448 g/mol. The van der Waals surface area contributed by atoms with Crippen LogP contribution in [-0.2, 0) is 0 Å². The number of rotatable bonds is 5. The third-order valence-corrected chi connectivity index (χ3v) is 5.74. The summed E-state index contributed by atoms with van der Waals surface area (Å²) >= 11 is 0. The predicted octanol–water partition coefficient (Wildman–Crippen LogP) is 3.41. The number of carboxylic acid groups (broad SMARTS) is 1. The largest absolute Gasteiger partial charge is 0.478 e. The summed E-state index contributed by atoms with van der Waals surface area (Å²) in [6, 6.07) is 22.2. The summed E-state index contributed by atoms with van der Waals surface area (Å²) in [5.74, 6) is -2.94. The summed E-state index contributed by atoms with van der Waals surface area (Å²) in [5.41, 5.74) is 7.66. The topological polar surface area (TPSA) is 144 Å². The van der Waals surface area contributed by atoms with Crippen molar-refractivity contribution in [3.05, 3.63) is 106 Å². The number of fused-ring (bicyclic) bond motifs is 1. The number of hydrogen-bond donors (Lipinski definition) is 4. The first kappa shape index (κ1) is 21.7. The standard InChI is InChI=1S/C26H18N4O5/c27-23-21-17(24(32)29-25(21)33)13-20(31)30(23)19-12-6-10-16(26(34)35)22(19)28-18-11-5-4-9-15(18)14-7-2-1-3-8-14/h1-13,28H,27H2,(H,34,35)(H,29,32,33). The highest BCUT2D eigenvalue weighted by atomic mass is 16.4. The van der Waals surface area contributed by atoms with Crippen LogP contribution >= 0.6 is 0 Å². The lowest BCUT2D eigenvalue weighted by Gasteiger charge is -2.20. The Labute approximate surface area is 198 Å². The monoisotopic (exact) mass is 466 g/mol. The number of carbonyl (C=O) groups excluding carboxylic acids is 2. The number of carbonyl (C=O) groups is 3. The molecule has 172 valence electrons. The Morgan fingerprint density at radius 2 is 1.57 bits per heavy atom. The fourth-order valence-electron chi connectivity index (χ4n) is 4.16. The van der Waals surface area contributed by atoms with E-state index in [-0.39, 0.29) is 33.9 Å². The zero-order valence-corrected chi connectivity index (χ0v) is 18.1. The minimum absolute atomic E-state index is 0.0989. The van der Waals surface area contributed by atoms with Crippen LogP contribution in [0.5, 0.6) is 0 Å². The molecule has 0 bridgehead atoms. The molecule has 2 heterocycles. The molecule has 0 unspecified atom stereocenters. The molecule has 9 heteroatoms. The zero-order valence-electron chi connectivity index (χ0n) is 18.1. The number of nitrogens with one attached hydrogen (secondary N) is 2. The van der Waals surface area contributed by atoms with E-state index in [0.29, 0.717) is 5.69 Å². The minimum atomic E-state index is -1.23. The maximum atomic E-state index is 13.0. The van der Waals surface area contributed by atoms with Gasteiger partial charge in [-0.1, -0.05) is 54.6 Å². The summed E-state index contributed by atoms with van der Waals surface area (Å²) in [6.07, 6.45) is 0. The quantitative estimate of drug-likeness (QED) is 0.330. The number of pyridine rings is 1. The fourth-order valence-corrected chi connectivity index (χ4v) is 4.16. The van der Waals surface area contributed by atoms with Crippen LogP contribution in [0.4, 0.5) is 17.2 Å². The van der Waals surface area contributed by atoms with Gasteiger partial charge in [0.2, 0.25) is 0 Å². The van der Waals surface area contributed by atoms with E-state index in [0.717, 1.165) is 21.8 Å². The van der Waals surface area contributed by atoms with Gasteiger partial charge >= 0.3 is 5.97 Å². The smallest absolute Gasteiger partial charge is 0.337 e. The summed E-state index contributed by atoms with van der Waals surface area (Å²) in [7, 11) is 0. The molecule has 4 aromatic rings. The van der Waals surface area contributed by atoms with Crippen molar-refractivity contribution in [2.45, 2.75) is 0 Å². The van der Waals surface area contributed by atoms with Crippen LogP contribution in [0.15, 0.2) is 83.7 Å². The number of aromatic nitrogens is 1. The van der Waals surface area contributed by atoms with Crippen LogP contribution in [0.2, 0.25) is 0 Å². The lowest BCUT2D eigenvalue weighted by Crippen LogP contribution is -2.25. The molecule has 9 nitrogen and oxygen atoms in total. The molecule has 1 aromatic heterocycles. The number of nitrogens with zero attached hydrogens (tertiary/aromatic N) is 1. The van der Waals surface area contributed by atoms with Crippen LogP contribution in [-0.4, -0.2) is 27.5 Å². The molecule has 0 radical (unpaired) electrons. The number of para-hydroxylation sites is 2. The van der Waals surface area contributed by atoms with Crippen molar-refractivity contribution in [1.82, 2.24) is 9.88 Å². The fraction of sp³-hybridized carbons (Fsp3) is 0. The van der Waals surface area contributed by atoms with Gasteiger partial charge in [0.1, 0.15) is 5.82 Å². The second-order valence-corrected chi connectivity index (χ2v) is 7.82. The Morgan fingerprint density at radius 3 is 2.31 bits per heavy atom. The Kier molecular flexibility index (Phi) is 5.14. The van der Waals surface area contributed by atoms with Crippen molar-refractivity contribution in [1.29, 1.82) is 0 Å². The second kappa shape index (κ2) is 8.31. The highest BCUT2D eigenvalue weighted by Gasteiger charge is 2.32. The number of aromatic carboxylic acids is 1. The first-order valence-corrected chi connectivity index (χ1v) is 10.6. The number of hydrogen-bond acceptors (Lipinski definition) is 6. The molecule has 0 saturated carbocycles. The Hall–Kier alpha value is -5.18. The minimum Gasteiger partial charge on any atom is -0.478 e. The van der Waals surface area contributed by atoms with Gasteiger partial charge in [0, 0.05) is 17.3 Å². The van der Waals surface area contributed by atoms with Crippen LogP contribution in [0.3, 0.4) is 0 Å². The van der Waals surface area contributed by atoms with Crippen molar-refractivity contribution in [2.24, 2.45) is 0 Å². The van der Waals surface area contributed by atoms with Gasteiger partial charge < -0.3 is 16.2 Å². The van der Waals surface area contributed by atoms with E-state index < -0.39 is 23.3 Å². The molecule has 5 rings (SSSR count). The molecule has 0 atom stereocenters. The van der Waals surface area contributed by atoms with Gasteiger partial charge in [-0.15, -0.1) is 0 Å². The van der Waals surface area contributed by atoms with Crippen LogP contribution < -0.4 is 21.9 Å². The average molecular weight is 466 g/mol. The number of imide groups is 1. The van der Waals surface area contributed by atoms with Gasteiger partial charge in [0.05, 0.1) is 28.1 Å². The van der Waals surface area contributed by atoms with Crippen molar-refractivity contribution in [3.8, 4) is 16.8 Å². The zero-order chi connectivity index (χ0) is 24.7. The lowest BCUT2D eigenvalue weighted by atomic mass is 10.0. The number of nitrogens with two attached hydrogens (primary N) is 1. The van der Waals surface area contributed by atoms with E-state index >= 15 is 0 Å². The molecule has 3 aromatic carbocycles. The Bertz CT molecular complexity index is 1590. The third-order valence-electron chi connectivity index (χ3n) is 5.74. The SMILES string of the molecule is Nc1c2c(cc(=O)n1-c1cccc(C(=O)O)c1Nc1ccccc1-c1ccccc1)C(=O)NC2=O. The van der Waals surface area contributed by atoms with Crippen molar-refractivity contribution < 1.29 is 19.5 Å². The molecule has 35 heavy (non-hydrogen) atoms. The maximum absolute atomic E-state index is 13.0. The number of amides is 2. The van der Waals surface area contributed by atoms with Crippen molar-refractivity contribution in [3.63, 3.8) is 0 Å². The van der Waals surface area contributed by atoms with Crippen molar-refractivity contribution >= 4 is 35.0 Å².